The Balaban J connectivity index is 1.87. The topological polar surface area (TPSA) is 32.3 Å². The van der Waals surface area contributed by atoms with E-state index in [1.807, 2.05) is 0 Å². The van der Waals surface area contributed by atoms with Crippen LogP contribution >= 0.6 is 0 Å². The van der Waals surface area contributed by atoms with Gasteiger partial charge in [-0.2, -0.15) is 0 Å². The summed E-state index contributed by atoms with van der Waals surface area (Å²) in [5.41, 5.74) is 2.97. The van der Waals surface area contributed by atoms with Gasteiger partial charge in [-0.1, -0.05) is 0 Å². The van der Waals surface area contributed by atoms with Gasteiger partial charge in [0.1, 0.15) is 0 Å². The lowest BCUT2D eigenvalue weighted by Gasteiger charge is -2.58. The Morgan fingerprint density at radius 3 is 1.86 bits per heavy atom. The molecule has 4 aliphatic carbocycles. The van der Waals surface area contributed by atoms with Gasteiger partial charge in [0.2, 0.25) is 0 Å². The van der Waals surface area contributed by atoms with E-state index in [1.165, 1.54) is 38.5 Å². The second-order valence-corrected chi connectivity index (χ2v) is 6.13. The van der Waals surface area contributed by atoms with Gasteiger partial charge < -0.3 is 5.21 Å². The average Bonchev–Trinajstić information content (AvgIpc) is 2.14. The molecule has 0 aromatic rings. The lowest BCUT2D eigenvalue weighted by atomic mass is 9.48. The minimum Gasteiger partial charge on any atom is -0.317 e. The highest BCUT2D eigenvalue weighted by Gasteiger charge is 2.52. The highest BCUT2D eigenvalue weighted by atomic mass is 16.5. The molecule has 1 atom stereocenters. The molecule has 0 amide bonds. The Hall–Kier alpha value is -0.0800. The summed E-state index contributed by atoms with van der Waals surface area (Å²) in [6.45, 7) is 2.16. The summed E-state index contributed by atoms with van der Waals surface area (Å²) >= 11 is 0. The van der Waals surface area contributed by atoms with E-state index in [2.05, 4.69) is 12.4 Å². The van der Waals surface area contributed by atoms with Crippen LogP contribution in [0.25, 0.3) is 0 Å². The van der Waals surface area contributed by atoms with Gasteiger partial charge in [-0.25, -0.2) is 5.48 Å². The van der Waals surface area contributed by atoms with E-state index in [-0.39, 0.29) is 0 Å². The maximum Gasteiger partial charge on any atom is 0.0348 e. The largest absolute Gasteiger partial charge is 0.317 e. The quantitative estimate of drug-likeness (QED) is 0.664. The molecule has 0 aliphatic heterocycles. The summed E-state index contributed by atoms with van der Waals surface area (Å²) in [4.78, 5) is 0. The second kappa shape index (κ2) is 2.96. The van der Waals surface area contributed by atoms with Crippen LogP contribution in [0.5, 0.6) is 0 Å². The number of hydrogen-bond acceptors (Lipinski definition) is 2. The van der Waals surface area contributed by atoms with Gasteiger partial charge in [-0.15, -0.1) is 0 Å². The zero-order valence-corrected chi connectivity index (χ0v) is 9.00. The molecule has 2 nitrogen and oxygen atoms in total. The van der Waals surface area contributed by atoms with E-state index < -0.39 is 0 Å². The van der Waals surface area contributed by atoms with Crippen molar-refractivity contribution in [2.24, 2.45) is 23.2 Å². The van der Waals surface area contributed by atoms with Crippen LogP contribution in [0.2, 0.25) is 0 Å². The first-order valence-electron chi connectivity index (χ1n) is 6.11. The van der Waals surface area contributed by atoms with Crippen LogP contribution in [0.4, 0.5) is 0 Å². The third-order valence-electron chi connectivity index (χ3n) is 5.20. The minimum atomic E-state index is 0.302. The standard InChI is InChI=1S/C12H21NO/c1-8(13-14)12-5-9-2-10(6-12)4-11(3-9)7-12/h8-11,13-14H,2-7H2,1H3. The Kier molecular flexibility index (Phi) is 1.94. The van der Waals surface area contributed by atoms with Crippen molar-refractivity contribution in [2.75, 3.05) is 0 Å². The van der Waals surface area contributed by atoms with Crippen molar-refractivity contribution in [2.45, 2.75) is 51.5 Å². The van der Waals surface area contributed by atoms with Crippen LogP contribution in [0, 0.1) is 23.2 Å². The maximum absolute atomic E-state index is 9.14. The summed E-state index contributed by atoms with van der Waals surface area (Å²) in [6.07, 6.45) is 8.56. The van der Waals surface area contributed by atoms with Gasteiger partial charge >= 0.3 is 0 Å². The van der Waals surface area contributed by atoms with Gasteiger partial charge in [0.25, 0.3) is 0 Å². The van der Waals surface area contributed by atoms with Crippen LogP contribution in [0.3, 0.4) is 0 Å². The molecule has 4 bridgehead atoms. The van der Waals surface area contributed by atoms with Crippen LogP contribution in [-0.4, -0.2) is 11.2 Å². The average molecular weight is 195 g/mol. The van der Waals surface area contributed by atoms with Crippen LogP contribution in [-0.2, 0) is 0 Å². The molecular weight excluding hydrogens is 174 g/mol. The molecule has 0 saturated heterocycles. The maximum atomic E-state index is 9.14. The van der Waals surface area contributed by atoms with Crippen molar-refractivity contribution in [3.05, 3.63) is 0 Å². The van der Waals surface area contributed by atoms with Gasteiger partial charge in [-0.3, -0.25) is 0 Å². The van der Waals surface area contributed by atoms with Crippen molar-refractivity contribution < 1.29 is 5.21 Å². The molecule has 80 valence electrons. The summed E-state index contributed by atoms with van der Waals surface area (Å²) < 4.78 is 0. The van der Waals surface area contributed by atoms with E-state index in [4.69, 9.17) is 5.21 Å². The van der Waals surface area contributed by atoms with Crippen molar-refractivity contribution in [3.63, 3.8) is 0 Å². The highest BCUT2D eigenvalue weighted by Crippen LogP contribution is 2.61. The van der Waals surface area contributed by atoms with Crippen LogP contribution in [0.1, 0.15) is 45.4 Å². The molecule has 1 unspecified atom stereocenters. The molecule has 4 rings (SSSR count). The van der Waals surface area contributed by atoms with Gasteiger partial charge in [0.05, 0.1) is 0 Å². The molecule has 2 heteroatoms. The van der Waals surface area contributed by atoms with E-state index in [0.29, 0.717) is 11.5 Å². The molecule has 4 fully saturated rings. The predicted octanol–water partition coefficient (Wildman–Crippen LogP) is 2.57. The molecule has 0 aromatic heterocycles. The molecule has 0 radical (unpaired) electrons. The van der Waals surface area contributed by atoms with E-state index >= 15 is 0 Å². The van der Waals surface area contributed by atoms with Crippen molar-refractivity contribution in [1.82, 2.24) is 5.48 Å². The molecule has 4 aliphatic rings. The first kappa shape index (κ1) is 9.17. The molecule has 4 saturated carbocycles. The fourth-order valence-corrected chi connectivity index (χ4v) is 4.84. The summed E-state index contributed by atoms with van der Waals surface area (Å²) in [5, 5.41) is 9.14. The molecule has 0 spiro atoms. The van der Waals surface area contributed by atoms with Gasteiger partial charge in [-0.05, 0) is 68.6 Å². The zero-order chi connectivity index (χ0) is 9.76. The van der Waals surface area contributed by atoms with Gasteiger partial charge in [0, 0.05) is 6.04 Å². The lowest BCUT2D eigenvalue weighted by Crippen LogP contribution is -2.54. The molecule has 0 aromatic carbocycles. The fourth-order valence-electron chi connectivity index (χ4n) is 4.84. The summed E-state index contributed by atoms with van der Waals surface area (Å²) in [6, 6.07) is 0.302. The van der Waals surface area contributed by atoms with E-state index in [9.17, 15) is 0 Å². The fraction of sp³-hybridized carbons (Fsp3) is 1.00. The van der Waals surface area contributed by atoms with Gasteiger partial charge in [0.15, 0.2) is 0 Å². The van der Waals surface area contributed by atoms with Crippen LogP contribution in [0.15, 0.2) is 0 Å². The zero-order valence-electron chi connectivity index (χ0n) is 9.00. The first-order valence-corrected chi connectivity index (χ1v) is 6.11. The monoisotopic (exact) mass is 195 g/mol. The Morgan fingerprint density at radius 2 is 1.50 bits per heavy atom. The summed E-state index contributed by atoms with van der Waals surface area (Å²) in [7, 11) is 0. The Labute approximate surface area is 86.0 Å². The number of rotatable bonds is 2. The lowest BCUT2D eigenvalue weighted by molar-refractivity contribution is -0.0917. The van der Waals surface area contributed by atoms with Crippen molar-refractivity contribution in [3.8, 4) is 0 Å². The first-order chi connectivity index (χ1) is 6.72. The van der Waals surface area contributed by atoms with E-state index in [1.54, 1.807) is 0 Å². The van der Waals surface area contributed by atoms with E-state index in [0.717, 1.165) is 17.8 Å². The third-order valence-corrected chi connectivity index (χ3v) is 5.20. The molecule has 2 N–H and O–H groups in total. The Bertz CT molecular complexity index is 203. The van der Waals surface area contributed by atoms with Crippen LogP contribution < -0.4 is 5.48 Å². The normalized spacial score (nSPS) is 52.3. The number of nitrogens with one attached hydrogen (secondary N) is 1. The molecule has 14 heavy (non-hydrogen) atoms. The summed E-state index contributed by atoms with van der Waals surface area (Å²) in [5.74, 6) is 2.95. The number of hydrogen-bond donors (Lipinski definition) is 2. The van der Waals surface area contributed by atoms with Crippen molar-refractivity contribution in [1.29, 1.82) is 0 Å². The number of hydroxylamine groups is 1. The van der Waals surface area contributed by atoms with Crippen molar-refractivity contribution >= 4 is 0 Å². The molecular formula is C12H21NO. The molecule has 0 heterocycles. The SMILES string of the molecule is CC(NO)C12CC3CC(CC(C3)C1)C2. The highest BCUT2D eigenvalue weighted by molar-refractivity contribution is 5.04. The minimum absolute atomic E-state index is 0.302. The Morgan fingerprint density at radius 1 is 1.07 bits per heavy atom. The predicted molar refractivity (Wildman–Crippen MR) is 55.0 cm³/mol. The smallest absolute Gasteiger partial charge is 0.0348 e. The third kappa shape index (κ3) is 1.17. The second-order valence-electron chi connectivity index (χ2n) is 6.13.